The van der Waals surface area contributed by atoms with Crippen molar-refractivity contribution < 1.29 is 0 Å². The molecular weight excluding hydrogens is 124 g/mol. The third kappa shape index (κ3) is 1.20. The van der Waals surface area contributed by atoms with Gasteiger partial charge in [-0.1, -0.05) is 0 Å². The van der Waals surface area contributed by atoms with Crippen molar-refractivity contribution in [2.75, 3.05) is 7.05 Å². The summed E-state index contributed by atoms with van der Waals surface area (Å²) in [7, 11) is 1.91. The van der Waals surface area contributed by atoms with Gasteiger partial charge in [0.1, 0.15) is 0 Å². The number of nitrogens with one attached hydrogen (secondary N) is 2. The van der Waals surface area contributed by atoms with Crippen LogP contribution in [0.3, 0.4) is 0 Å². The van der Waals surface area contributed by atoms with Crippen molar-refractivity contribution in [3.63, 3.8) is 0 Å². The van der Waals surface area contributed by atoms with Crippen LogP contribution in [-0.2, 0) is 0 Å². The number of hydrogen-bond acceptors (Lipinski definition) is 2. The molecular formula is C8H14N2. The summed E-state index contributed by atoms with van der Waals surface area (Å²) in [6, 6.07) is 0. The molecule has 1 aliphatic carbocycles. The first kappa shape index (κ1) is 7.32. The minimum absolute atomic E-state index is 0.826. The molecule has 0 aromatic carbocycles. The van der Waals surface area contributed by atoms with Crippen LogP contribution >= 0.6 is 0 Å². The Kier molecular flexibility index (Phi) is 2.10. The summed E-state index contributed by atoms with van der Waals surface area (Å²) >= 11 is 0. The van der Waals surface area contributed by atoms with E-state index in [1.807, 2.05) is 14.0 Å². The van der Waals surface area contributed by atoms with E-state index in [4.69, 9.17) is 5.41 Å². The molecule has 0 radical (unpaired) electrons. The van der Waals surface area contributed by atoms with Crippen LogP contribution in [0.5, 0.6) is 0 Å². The molecule has 1 rings (SSSR count). The van der Waals surface area contributed by atoms with Crippen LogP contribution in [0.15, 0.2) is 11.3 Å². The normalized spacial score (nSPS) is 23.2. The predicted molar refractivity (Wildman–Crippen MR) is 43.3 cm³/mol. The first-order chi connectivity index (χ1) is 4.75. The lowest BCUT2D eigenvalue weighted by molar-refractivity contribution is 0.907. The molecule has 0 atom stereocenters. The van der Waals surface area contributed by atoms with Crippen LogP contribution in [0.1, 0.15) is 26.2 Å². The molecule has 2 nitrogen and oxygen atoms in total. The summed E-state index contributed by atoms with van der Waals surface area (Å²) in [5.41, 5.74) is 3.22. The van der Waals surface area contributed by atoms with Gasteiger partial charge >= 0.3 is 0 Å². The Balaban J connectivity index is 2.79. The van der Waals surface area contributed by atoms with Crippen molar-refractivity contribution in [3.05, 3.63) is 11.3 Å². The zero-order valence-electron chi connectivity index (χ0n) is 6.62. The van der Waals surface area contributed by atoms with Gasteiger partial charge in [-0.2, -0.15) is 0 Å². The molecule has 1 aliphatic rings. The Bertz CT molecular complexity index is 180. The Morgan fingerprint density at radius 2 is 2.20 bits per heavy atom. The first-order valence-corrected chi connectivity index (χ1v) is 3.71. The highest BCUT2D eigenvalue weighted by Crippen LogP contribution is 2.22. The first-order valence-electron chi connectivity index (χ1n) is 3.71. The molecule has 0 amide bonds. The summed E-state index contributed by atoms with van der Waals surface area (Å²) in [6.07, 6.45) is 3.22. The Morgan fingerprint density at radius 1 is 1.50 bits per heavy atom. The molecule has 0 unspecified atom stereocenters. The summed E-state index contributed by atoms with van der Waals surface area (Å²) < 4.78 is 0. The van der Waals surface area contributed by atoms with Crippen LogP contribution in [0, 0.1) is 5.41 Å². The van der Waals surface area contributed by atoms with Crippen molar-refractivity contribution in [1.82, 2.24) is 5.32 Å². The summed E-state index contributed by atoms with van der Waals surface area (Å²) in [5.74, 6) is 0. The average Bonchev–Trinajstić information content (AvgIpc) is 2.34. The van der Waals surface area contributed by atoms with E-state index in [0.717, 1.165) is 25.0 Å². The van der Waals surface area contributed by atoms with Gasteiger partial charge in [0.25, 0.3) is 0 Å². The third-order valence-corrected chi connectivity index (χ3v) is 2.05. The van der Waals surface area contributed by atoms with Crippen molar-refractivity contribution in [1.29, 1.82) is 5.41 Å². The van der Waals surface area contributed by atoms with E-state index >= 15 is 0 Å². The standard InChI is InChI=1S/C8H14N2/c1-6(10-2)7-4-3-5-8(7)9/h9-10H,3-5H2,1-2H3/b7-6-,9-8?. The van der Waals surface area contributed by atoms with E-state index in [-0.39, 0.29) is 0 Å². The largest absolute Gasteiger partial charge is 0.391 e. The molecule has 0 heterocycles. The van der Waals surface area contributed by atoms with Crippen molar-refractivity contribution >= 4 is 5.71 Å². The number of hydrogen-bond donors (Lipinski definition) is 2. The van der Waals surface area contributed by atoms with Crippen molar-refractivity contribution in [3.8, 4) is 0 Å². The highest BCUT2D eigenvalue weighted by molar-refractivity contribution is 6.00. The molecule has 1 saturated carbocycles. The van der Waals surface area contributed by atoms with Crippen LogP contribution in [-0.4, -0.2) is 12.8 Å². The van der Waals surface area contributed by atoms with Gasteiger partial charge in [-0.3, -0.25) is 0 Å². The SMILES string of the molecule is CN/C(C)=C1/CCCC1=N. The molecule has 0 aliphatic heterocycles. The molecule has 0 spiro atoms. The van der Waals surface area contributed by atoms with Crippen molar-refractivity contribution in [2.24, 2.45) is 0 Å². The fourth-order valence-electron chi connectivity index (χ4n) is 1.31. The van der Waals surface area contributed by atoms with E-state index < -0.39 is 0 Å². The summed E-state index contributed by atoms with van der Waals surface area (Å²) in [5, 5.41) is 10.6. The molecule has 10 heavy (non-hydrogen) atoms. The smallest absolute Gasteiger partial charge is 0.0363 e. The maximum Gasteiger partial charge on any atom is 0.0363 e. The third-order valence-electron chi connectivity index (χ3n) is 2.05. The molecule has 56 valence electrons. The van der Waals surface area contributed by atoms with Gasteiger partial charge in [0.2, 0.25) is 0 Å². The fraction of sp³-hybridized carbons (Fsp3) is 0.625. The van der Waals surface area contributed by atoms with Crippen molar-refractivity contribution in [2.45, 2.75) is 26.2 Å². The zero-order chi connectivity index (χ0) is 7.56. The Morgan fingerprint density at radius 3 is 2.60 bits per heavy atom. The maximum absolute atomic E-state index is 7.54. The molecule has 2 N–H and O–H groups in total. The fourth-order valence-corrected chi connectivity index (χ4v) is 1.31. The van der Waals surface area contributed by atoms with Gasteiger partial charge in [-0.25, -0.2) is 0 Å². The van der Waals surface area contributed by atoms with Crippen LogP contribution < -0.4 is 5.32 Å². The Labute approximate surface area is 61.8 Å². The number of rotatable bonds is 1. The zero-order valence-corrected chi connectivity index (χ0v) is 6.62. The second-order valence-electron chi connectivity index (χ2n) is 2.69. The van der Waals surface area contributed by atoms with Gasteiger partial charge in [-0.05, 0) is 31.8 Å². The van der Waals surface area contributed by atoms with E-state index in [1.54, 1.807) is 0 Å². The molecule has 1 fully saturated rings. The Hall–Kier alpha value is -0.790. The van der Waals surface area contributed by atoms with E-state index in [0.29, 0.717) is 0 Å². The minimum Gasteiger partial charge on any atom is -0.391 e. The average molecular weight is 138 g/mol. The number of allylic oxidation sites excluding steroid dienone is 2. The molecule has 0 bridgehead atoms. The van der Waals surface area contributed by atoms with Crippen LogP contribution in [0.2, 0.25) is 0 Å². The summed E-state index contributed by atoms with van der Waals surface area (Å²) in [4.78, 5) is 0. The van der Waals surface area contributed by atoms with Gasteiger partial charge < -0.3 is 10.7 Å². The summed E-state index contributed by atoms with van der Waals surface area (Å²) in [6.45, 7) is 2.04. The molecule has 2 heteroatoms. The molecule has 0 aromatic heterocycles. The van der Waals surface area contributed by atoms with E-state index in [2.05, 4.69) is 5.32 Å². The van der Waals surface area contributed by atoms with Crippen LogP contribution in [0.25, 0.3) is 0 Å². The van der Waals surface area contributed by atoms with E-state index in [9.17, 15) is 0 Å². The maximum atomic E-state index is 7.54. The molecule has 0 aromatic rings. The topological polar surface area (TPSA) is 35.9 Å². The van der Waals surface area contributed by atoms with Gasteiger partial charge in [0.15, 0.2) is 0 Å². The molecule has 0 saturated heterocycles. The predicted octanol–water partition coefficient (Wildman–Crippen LogP) is 1.68. The minimum atomic E-state index is 0.826. The lowest BCUT2D eigenvalue weighted by Crippen LogP contribution is -2.07. The second kappa shape index (κ2) is 2.86. The van der Waals surface area contributed by atoms with Gasteiger partial charge in [-0.15, -0.1) is 0 Å². The monoisotopic (exact) mass is 138 g/mol. The van der Waals surface area contributed by atoms with E-state index in [1.165, 1.54) is 11.3 Å². The second-order valence-corrected chi connectivity index (χ2v) is 2.69. The highest BCUT2D eigenvalue weighted by atomic mass is 14.8. The highest BCUT2D eigenvalue weighted by Gasteiger charge is 2.14. The van der Waals surface area contributed by atoms with Crippen LogP contribution in [0.4, 0.5) is 0 Å². The lowest BCUT2D eigenvalue weighted by Gasteiger charge is -2.03. The quantitative estimate of drug-likeness (QED) is 0.568. The lowest BCUT2D eigenvalue weighted by atomic mass is 10.1. The van der Waals surface area contributed by atoms with Gasteiger partial charge in [0, 0.05) is 18.5 Å². The van der Waals surface area contributed by atoms with Gasteiger partial charge in [0.05, 0.1) is 0 Å².